The number of hydrogen-bond acceptors (Lipinski definition) is 5. The fraction of sp³-hybridized carbons (Fsp3) is 0.389. The highest BCUT2D eigenvalue weighted by molar-refractivity contribution is 7.10. The number of likely N-dealkylation sites (tertiary alicyclic amines) is 1. The van der Waals surface area contributed by atoms with Gasteiger partial charge in [0.15, 0.2) is 11.5 Å². The van der Waals surface area contributed by atoms with Gasteiger partial charge in [-0.15, -0.1) is 11.3 Å². The normalized spacial score (nSPS) is 21.5. The minimum atomic E-state index is -0.370. The molecule has 6 heteroatoms. The Bertz CT molecular complexity index is 702. The first-order valence-corrected chi connectivity index (χ1v) is 8.98. The van der Waals surface area contributed by atoms with Gasteiger partial charge in [-0.05, 0) is 55.9 Å². The number of carbonyl (C=O) groups is 1. The van der Waals surface area contributed by atoms with Crippen LogP contribution in [-0.2, 0) is 0 Å². The number of rotatable bonds is 4. The van der Waals surface area contributed by atoms with Crippen LogP contribution in [-0.4, -0.2) is 41.2 Å². The largest absolute Gasteiger partial charge is 0.504 e. The summed E-state index contributed by atoms with van der Waals surface area (Å²) < 4.78 is 0. The first-order chi connectivity index (χ1) is 11.6. The van der Waals surface area contributed by atoms with E-state index in [1.807, 2.05) is 0 Å². The maximum Gasteiger partial charge on any atom is 0.255 e. The van der Waals surface area contributed by atoms with Crippen molar-refractivity contribution in [3.63, 3.8) is 0 Å². The van der Waals surface area contributed by atoms with Crippen LogP contribution in [0, 0.1) is 5.92 Å². The van der Waals surface area contributed by atoms with Crippen LogP contribution >= 0.6 is 11.3 Å². The molecule has 3 N–H and O–H groups in total. The van der Waals surface area contributed by atoms with Crippen molar-refractivity contribution in [2.45, 2.75) is 18.9 Å². The molecule has 1 amide bonds. The topological polar surface area (TPSA) is 72.8 Å². The van der Waals surface area contributed by atoms with E-state index in [2.05, 4.69) is 34.8 Å². The number of thiophene rings is 1. The molecule has 2 unspecified atom stereocenters. The Balaban J connectivity index is 1.70. The number of hydrogen-bond donors (Lipinski definition) is 3. The van der Waals surface area contributed by atoms with Crippen LogP contribution in [0.15, 0.2) is 35.7 Å². The highest BCUT2D eigenvalue weighted by atomic mass is 32.1. The van der Waals surface area contributed by atoms with Gasteiger partial charge >= 0.3 is 0 Å². The lowest BCUT2D eigenvalue weighted by Crippen LogP contribution is -2.41. The van der Waals surface area contributed by atoms with Crippen LogP contribution in [0.4, 0.5) is 0 Å². The second kappa shape index (κ2) is 7.23. The van der Waals surface area contributed by atoms with Crippen LogP contribution in [0.1, 0.15) is 34.1 Å². The zero-order valence-corrected chi connectivity index (χ0v) is 14.4. The van der Waals surface area contributed by atoms with E-state index in [1.165, 1.54) is 17.0 Å². The first-order valence-electron chi connectivity index (χ1n) is 8.10. The number of phenolic OH excluding ortho intramolecular Hbond substituents is 2. The minimum Gasteiger partial charge on any atom is -0.504 e. The van der Waals surface area contributed by atoms with Crippen LogP contribution in [0.2, 0.25) is 0 Å². The molecule has 1 aliphatic rings. The van der Waals surface area contributed by atoms with Gasteiger partial charge in [-0.25, -0.2) is 0 Å². The molecule has 2 atom stereocenters. The zero-order chi connectivity index (χ0) is 17.1. The predicted molar refractivity (Wildman–Crippen MR) is 94.5 cm³/mol. The number of amides is 1. The average molecular weight is 346 g/mol. The Morgan fingerprint density at radius 3 is 2.92 bits per heavy atom. The molecule has 1 aliphatic heterocycles. The second-order valence-electron chi connectivity index (χ2n) is 6.23. The highest BCUT2D eigenvalue weighted by Crippen LogP contribution is 2.37. The summed E-state index contributed by atoms with van der Waals surface area (Å²) in [6, 6.07) is 8.92. The number of carbonyl (C=O) groups excluding carboxylic acids is 1. The van der Waals surface area contributed by atoms with Gasteiger partial charge in [-0.2, -0.15) is 0 Å². The molecule has 128 valence electrons. The molecule has 0 spiro atoms. The van der Waals surface area contributed by atoms with Gasteiger partial charge in [-0.1, -0.05) is 12.1 Å². The maximum atomic E-state index is 12.3. The van der Waals surface area contributed by atoms with E-state index >= 15 is 0 Å². The van der Waals surface area contributed by atoms with Crippen LogP contribution in [0.5, 0.6) is 11.5 Å². The van der Waals surface area contributed by atoms with Crippen LogP contribution in [0.25, 0.3) is 0 Å². The average Bonchev–Trinajstić information content (AvgIpc) is 3.09. The summed E-state index contributed by atoms with van der Waals surface area (Å²) in [6.07, 6.45) is 2.16. The van der Waals surface area contributed by atoms with Crippen molar-refractivity contribution >= 4 is 17.2 Å². The number of phenols is 2. The summed E-state index contributed by atoms with van der Waals surface area (Å²) >= 11 is 1.74. The standard InChI is InChI=1S/C18H22N2O3S/c1-20-9-3-5-12(16(20)15-8-4-10-24-15)11-19-18(23)13-6-2-7-14(21)17(13)22/h2,4,6-8,10,12,16,21-22H,3,5,9,11H2,1H3,(H,19,23). The Kier molecular flexibility index (Phi) is 5.06. The van der Waals surface area contributed by atoms with Gasteiger partial charge in [0.2, 0.25) is 0 Å². The van der Waals surface area contributed by atoms with E-state index in [0.717, 1.165) is 19.4 Å². The minimum absolute atomic E-state index is 0.104. The molecule has 0 radical (unpaired) electrons. The number of benzene rings is 1. The van der Waals surface area contributed by atoms with E-state index < -0.39 is 0 Å². The molecular formula is C18H22N2O3S. The van der Waals surface area contributed by atoms with Gasteiger partial charge in [0.1, 0.15) is 0 Å². The Morgan fingerprint density at radius 1 is 1.33 bits per heavy atom. The molecule has 3 rings (SSSR count). The Labute approximate surface area is 145 Å². The second-order valence-corrected chi connectivity index (χ2v) is 7.21. The molecule has 24 heavy (non-hydrogen) atoms. The molecule has 2 heterocycles. The Morgan fingerprint density at radius 2 is 2.17 bits per heavy atom. The number of piperidine rings is 1. The van der Waals surface area contributed by atoms with E-state index in [9.17, 15) is 15.0 Å². The fourth-order valence-electron chi connectivity index (χ4n) is 3.42. The molecule has 5 nitrogen and oxygen atoms in total. The molecule has 1 aromatic carbocycles. The SMILES string of the molecule is CN1CCCC(CNC(=O)c2cccc(O)c2O)C1c1cccs1. The molecule has 2 aromatic rings. The maximum absolute atomic E-state index is 12.3. The number of aromatic hydroxyl groups is 2. The van der Waals surface area contributed by atoms with Gasteiger partial charge < -0.3 is 15.5 Å². The zero-order valence-electron chi connectivity index (χ0n) is 13.6. The van der Waals surface area contributed by atoms with Crippen molar-refractivity contribution in [3.05, 3.63) is 46.2 Å². The van der Waals surface area contributed by atoms with E-state index in [0.29, 0.717) is 18.5 Å². The summed E-state index contributed by atoms with van der Waals surface area (Å²) in [6.45, 7) is 1.60. The number of para-hydroxylation sites is 1. The number of nitrogens with zero attached hydrogens (tertiary/aromatic N) is 1. The quantitative estimate of drug-likeness (QED) is 0.744. The lowest BCUT2D eigenvalue weighted by atomic mass is 9.88. The third-order valence-electron chi connectivity index (χ3n) is 4.63. The van der Waals surface area contributed by atoms with Crippen molar-refractivity contribution in [2.24, 2.45) is 5.92 Å². The smallest absolute Gasteiger partial charge is 0.255 e. The summed E-state index contributed by atoms with van der Waals surface area (Å²) in [4.78, 5) is 16.0. The molecule has 1 saturated heterocycles. The molecule has 0 saturated carbocycles. The van der Waals surface area contributed by atoms with Crippen molar-refractivity contribution in [3.8, 4) is 11.5 Å². The number of nitrogens with one attached hydrogen (secondary N) is 1. The van der Waals surface area contributed by atoms with Gasteiger partial charge in [0, 0.05) is 17.5 Å². The van der Waals surface area contributed by atoms with Gasteiger partial charge in [0.05, 0.1) is 5.56 Å². The molecule has 0 bridgehead atoms. The highest BCUT2D eigenvalue weighted by Gasteiger charge is 2.31. The molecule has 0 aliphatic carbocycles. The van der Waals surface area contributed by atoms with E-state index in [-0.39, 0.29) is 23.0 Å². The monoisotopic (exact) mass is 346 g/mol. The van der Waals surface area contributed by atoms with Crippen molar-refractivity contribution in [1.29, 1.82) is 0 Å². The fourth-order valence-corrected chi connectivity index (χ4v) is 4.40. The summed E-state index contributed by atoms with van der Waals surface area (Å²) in [5.74, 6) is -0.686. The van der Waals surface area contributed by atoms with E-state index in [1.54, 1.807) is 17.4 Å². The van der Waals surface area contributed by atoms with Crippen LogP contribution in [0.3, 0.4) is 0 Å². The summed E-state index contributed by atoms with van der Waals surface area (Å²) in [5.41, 5.74) is 0.104. The third-order valence-corrected chi connectivity index (χ3v) is 5.57. The van der Waals surface area contributed by atoms with Crippen LogP contribution < -0.4 is 5.32 Å². The van der Waals surface area contributed by atoms with Gasteiger partial charge in [0.25, 0.3) is 5.91 Å². The molecular weight excluding hydrogens is 324 g/mol. The van der Waals surface area contributed by atoms with Crippen molar-refractivity contribution < 1.29 is 15.0 Å². The first kappa shape index (κ1) is 16.8. The summed E-state index contributed by atoms with van der Waals surface area (Å²) in [5, 5.41) is 24.4. The van der Waals surface area contributed by atoms with E-state index in [4.69, 9.17) is 0 Å². The predicted octanol–water partition coefficient (Wildman–Crippen LogP) is 2.97. The lowest BCUT2D eigenvalue weighted by Gasteiger charge is -2.38. The summed E-state index contributed by atoms with van der Waals surface area (Å²) in [7, 11) is 2.12. The molecule has 1 fully saturated rings. The van der Waals surface area contributed by atoms with Gasteiger partial charge in [-0.3, -0.25) is 9.69 Å². The third kappa shape index (κ3) is 3.39. The van der Waals surface area contributed by atoms with Crippen molar-refractivity contribution in [1.82, 2.24) is 10.2 Å². The molecule has 1 aromatic heterocycles. The van der Waals surface area contributed by atoms with Crippen molar-refractivity contribution in [2.75, 3.05) is 20.1 Å². The Hall–Kier alpha value is -2.05. The lowest BCUT2D eigenvalue weighted by molar-refractivity contribution is 0.0892.